The summed E-state index contributed by atoms with van der Waals surface area (Å²) in [6.45, 7) is 4.80. The largest absolute Gasteiger partial charge is 0.478 e. The second-order valence-corrected chi connectivity index (χ2v) is 4.87. The number of pyridine rings is 1. The maximum Gasteiger partial charge on any atom is 0.337 e. The summed E-state index contributed by atoms with van der Waals surface area (Å²) in [5.74, 6) is -1.31. The molecule has 0 radical (unpaired) electrons. The number of carbonyl (C=O) groups excluding carboxylic acids is 1. The molecule has 0 aliphatic carbocycles. The molecule has 1 aliphatic heterocycles. The van der Waals surface area contributed by atoms with Gasteiger partial charge in [0.25, 0.3) is 5.91 Å². The van der Waals surface area contributed by atoms with Crippen LogP contribution in [0.15, 0.2) is 18.3 Å². The molecule has 1 aromatic rings. The standard InChI is InChI=1S/C14H19N3O3/c1-2-17-7-3-4-11(17)9-16-13(18)12-6-5-10(8-15-12)14(19)20/h5-6,8,11H,2-4,7,9H2,1H3,(H,16,18)(H,19,20). The molecule has 1 aromatic heterocycles. The Balaban J connectivity index is 1.90. The maximum atomic E-state index is 11.9. The Labute approximate surface area is 117 Å². The minimum absolute atomic E-state index is 0.0782. The first-order chi connectivity index (χ1) is 9.61. The second kappa shape index (κ2) is 6.47. The molecular formula is C14H19N3O3. The molecule has 2 heterocycles. The molecule has 1 aliphatic rings. The molecule has 2 rings (SSSR count). The Kier molecular flexibility index (Phi) is 4.68. The lowest BCUT2D eigenvalue weighted by atomic mass is 10.2. The molecule has 2 N–H and O–H groups in total. The van der Waals surface area contributed by atoms with E-state index in [1.54, 1.807) is 0 Å². The topological polar surface area (TPSA) is 82.5 Å². The van der Waals surface area contributed by atoms with Gasteiger partial charge in [0.05, 0.1) is 5.56 Å². The number of carbonyl (C=O) groups is 2. The number of hydrogen-bond donors (Lipinski definition) is 2. The van der Waals surface area contributed by atoms with Gasteiger partial charge in [-0.15, -0.1) is 0 Å². The minimum Gasteiger partial charge on any atom is -0.478 e. The van der Waals surface area contributed by atoms with Crippen molar-refractivity contribution < 1.29 is 14.7 Å². The first-order valence-corrected chi connectivity index (χ1v) is 6.83. The molecular weight excluding hydrogens is 258 g/mol. The zero-order valence-corrected chi connectivity index (χ0v) is 11.5. The molecule has 1 atom stereocenters. The molecule has 108 valence electrons. The van der Waals surface area contributed by atoms with Gasteiger partial charge in [-0.3, -0.25) is 14.7 Å². The van der Waals surface area contributed by atoms with E-state index in [-0.39, 0.29) is 17.2 Å². The van der Waals surface area contributed by atoms with Crippen LogP contribution in [-0.2, 0) is 0 Å². The van der Waals surface area contributed by atoms with Crippen LogP contribution in [0.3, 0.4) is 0 Å². The van der Waals surface area contributed by atoms with Crippen LogP contribution in [0.4, 0.5) is 0 Å². The fourth-order valence-corrected chi connectivity index (χ4v) is 2.50. The summed E-state index contributed by atoms with van der Waals surface area (Å²) in [7, 11) is 0. The van der Waals surface area contributed by atoms with Crippen molar-refractivity contribution in [2.75, 3.05) is 19.6 Å². The lowest BCUT2D eigenvalue weighted by molar-refractivity contribution is 0.0695. The first kappa shape index (κ1) is 14.5. The molecule has 1 unspecified atom stereocenters. The molecule has 0 bridgehead atoms. The van der Waals surface area contributed by atoms with Crippen molar-refractivity contribution in [3.8, 4) is 0 Å². The fraction of sp³-hybridized carbons (Fsp3) is 0.500. The van der Waals surface area contributed by atoms with Crippen LogP contribution >= 0.6 is 0 Å². The smallest absolute Gasteiger partial charge is 0.337 e. The summed E-state index contributed by atoms with van der Waals surface area (Å²) < 4.78 is 0. The van der Waals surface area contributed by atoms with Crippen LogP contribution in [0.1, 0.15) is 40.6 Å². The van der Waals surface area contributed by atoms with E-state index in [0.29, 0.717) is 12.6 Å². The van der Waals surface area contributed by atoms with Crippen molar-refractivity contribution in [1.82, 2.24) is 15.2 Å². The summed E-state index contributed by atoms with van der Waals surface area (Å²) in [6.07, 6.45) is 3.46. The van der Waals surface area contributed by atoms with Crippen LogP contribution in [0.25, 0.3) is 0 Å². The highest BCUT2D eigenvalue weighted by Gasteiger charge is 2.23. The number of carboxylic acid groups (broad SMARTS) is 1. The normalized spacial score (nSPS) is 18.9. The van der Waals surface area contributed by atoms with E-state index in [2.05, 4.69) is 22.1 Å². The van der Waals surface area contributed by atoms with Crippen LogP contribution in [0.5, 0.6) is 0 Å². The van der Waals surface area contributed by atoms with Gasteiger partial charge in [0.15, 0.2) is 0 Å². The number of nitrogens with one attached hydrogen (secondary N) is 1. The SMILES string of the molecule is CCN1CCCC1CNC(=O)c1ccc(C(=O)O)cn1. The van der Waals surface area contributed by atoms with Crippen molar-refractivity contribution in [2.45, 2.75) is 25.8 Å². The molecule has 0 saturated carbocycles. The number of likely N-dealkylation sites (tertiary alicyclic amines) is 1. The van der Waals surface area contributed by atoms with E-state index in [4.69, 9.17) is 5.11 Å². The third kappa shape index (κ3) is 3.33. The van der Waals surface area contributed by atoms with E-state index in [9.17, 15) is 9.59 Å². The molecule has 0 spiro atoms. The number of rotatable bonds is 5. The van der Waals surface area contributed by atoms with Crippen LogP contribution in [0.2, 0.25) is 0 Å². The first-order valence-electron chi connectivity index (χ1n) is 6.83. The van der Waals surface area contributed by atoms with Gasteiger partial charge in [-0.25, -0.2) is 4.79 Å². The number of amides is 1. The van der Waals surface area contributed by atoms with Gasteiger partial charge < -0.3 is 10.4 Å². The van der Waals surface area contributed by atoms with Crippen molar-refractivity contribution in [3.05, 3.63) is 29.6 Å². The summed E-state index contributed by atoms with van der Waals surface area (Å²) in [6, 6.07) is 3.21. The fourth-order valence-electron chi connectivity index (χ4n) is 2.50. The van der Waals surface area contributed by atoms with E-state index >= 15 is 0 Å². The van der Waals surface area contributed by atoms with Gasteiger partial charge in [-0.2, -0.15) is 0 Å². The molecule has 20 heavy (non-hydrogen) atoms. The summed E-state index contributed by atoms with van der Waals surface area (Å²) in [5, 5.41) is 11.6. The predicted molar refractivity (Wildman–Crippen MR) is 73.8 cm³/mol. The molecule has 0 aromatic carbocycles. The summed E-state index contributed by atoms with van der Waals surface area (Å²) >= 11 is 0. The zero-order chi connectivity index (χ0) is 14.5. The lowest BCUT2D eigenvalue weighted by Gasteiger charge is -2.22. The van der Waals surface area contributed by atoms with Crippen LogP contribution in [0, 0.1) is 0 Å². The highest BCUT2D eigenvalue weighted by molar-refractivity contribution is 5.93. The zero-order valence-electron chi connectivity index (χ0n) is 11.5. The third-order valence-electron chi connectivity index (χ3n) is 3.65. The van der Waals surface area contributed by atoms with E-state index < -0.39 is 5.97 Å². The Morgan fingerprint density at radius 1 is 1.50 bits per heavy atom. The average Bonchev–Trinajstić information content (AvgIpc) is 2.92. The van der Waals surface area contributed by atoms with Crippen LogP contribution in [-0.4, -0.2) is 52.5 Å². The Hall–Kier alpha value is -1.95. The van der Waals surface area contributed by atoms with Crippen molar-refractivity contribution in [2.24, 2.45) is 0 Å². The minimum atomic E-state index is -1.05. The van der Waals surface area contributed by atoms with Crippen molar-refractivity contribution in [3.63, 3.8) is 0 Å². The number of aromatic nitrogens is 1. The quantitative estimate of drug-likeness (QED) is 0.839. The average molecular weight is 277 g/mol. The number of likely N-dealkylation sites (N-methyl/N-ethyl adjacent to an activating group) is 1. The second-order valence-electron chi connectivity index (χ2n) is 4.87. The molecule has 6 heteroatoms. The Bertz CT molecular complexity index is 487. The summed E-state index contributed by atoms with van der Waals surface area (Å²) in [4.78, 5) is 28.9. The predicted octanol–water partition coefficient (Wildman–Crippen LogP) is 0.994. The van der Waals surface area contributed by atoms with E-state index in [1.165, 1.54) is 24.8 Å². The third-order valence-corrected chi connectivity index (χ3v) is 3.65. The molecule has 1 fully saturated rings. The highest BCUT2D eigenvalue weighted by Crippen LogP contribution is 2.15. The van der Waals surface area contributed by atoms with Gasteiger partial charge in [0, 0.05) is 18.8 Å². The van der Waals surface area contributed by atoms with Crippen LogP contribution < -0.4 is 5.32 Å². The monoisotopic (exact) mass is 277 g/mol. The van der Waals surface area contributed by atoms with E-state index in [1.807, 2.05) is 0 Å². The lowest BCUT2D eigenvalue weighted by Crippen LogP contribution is -2.40. The number of hydrogen-bond acceptors (Lipinski definition) is 4. The number of nitrogens with zero attached hydrogens (tertiary/aromatic N) is 2. The van der Waals surface area contributed by atoms with E-state index in [0.717, 1.165) is 19.5 Å². The number of aromatic carboxylic acids is 1. The highest BCUT2D eigenvalue weighted by atomic mass is 16.4. The Morgan fingerprint density at radius 2 is 2.30 bits per heavy atom. The molecule has 1 amide bonds. The Morgan fingerprint density at radius 3 is 2.90 bits per heavy atom. The van der Waals surface area contributed by atoms with Gasteiger partial charge in [0.1, 0.15) is 5.69 Å². The van der Waals surface area contributed by atoms with Gasteiger partial charge in [0.2, 0.25) is 0 Å². The summed E-state index contributed by atoms with van der Waals surface area (Å²) in [5.41, 5.74) is 0.325. The van der Waals surface area contributed by atoms with Gasteiger partial charge in [-0.1, -0.05) is 6.92 Å². The van der Waals surface area contributed by atoms with Crippen molar-refractivity contribution >= 4 is 11.9 Å². The molecule has 1 saturated heterocycles. The van der Waals surface area contributed by atoms with Gasteiger partial charge >= 0.3 is 5.97 Å². The molecule has 6 nitrogen and oxygen atoms in total. The number of carboxylic acids is 1. The van der Waals surface area contributed by atoms with Crippen molar-refractivity contribution in [1.29, 1.82) is 0 Å². The maximum absolute atomic E-state index is 11.9. The van der Waals surface area contributed by atoms with Gasteiger partial charge in [-0.05, 0) is 38.1 Å².